The maximum atomic E-state index is 8.73. The Kier molecular flexibility index (Phi) is 3.71. The van der Waals surface area contributed by atoms with Crippen molar-refractivity contribution in [3.8, 4) is 17.6 Å². The molecule has 0 spiro atoms. The second kappa shape index (κ2) is 5.44. The number of benzene rings is 1. The van der Waals surface area contributed by atoms with Gasteiger partial charge in [0, 0.05) is 11.7 Å². The SMILES string of the molecule is CC(C)n1cc(Oc2ccc(N)c(CC#N)c2)cn1. The average Bonchev–Trinajstić information content (AvgIpc) is 2.82. The van der Waals surface area contributed by atoms with Crippen LogP contribution in [0.15, 0.2) is 30.6 Å². The van der Waals surface area contributed by atoms with Gasteiger partial charge in [-0.3, -0.25) is 4.68 Å². The quantitative estimate of drug-likeness (QED) is 0.853. The molecule has 0 aliphatic rings. The van der Waals surface area contributed by atoms with E-state index in [1.807, 2.05) is 24.7 Å². The molecule has 1 heterocycles. The van der Waals surface area contributed by atoms with Crippen molar-refractivity contribution in [3.63, 3.8) is 0 Å². The van der Waals surface area contributed by atoms with Crippen molar-refractivity contribution in [2.45, 2.75) is 26.3 Å². The Hall–Kier alpha value is -2.48. The molecule has 0 fully saturated rings. The number of nitrogens with zero attached hydrogens (tertiary/aromatic N) is 3. The van der Waals surface area contributed by atoms with Crippen LogP contribution in [0.3, 0.4) is 0 Å². The fraction of sp³-hybridized carbons (Fsp3) is 0.286. The van der Waals surface area contributed by atoms with Gasteiger partial charge in [0.15, 0.2) is 5.75 Å². The molecule has 0 saturated carbocycles. The average molecular weight is 256 g/mol. The molecule has 5 nitrogen and oxygen atoms in total. The van der Waals surface area contributed by atoms with Crippen LogP contribution >= 0.6 is 0 Å². The first kappa shape index (κ1) is 13.0. The molecule has 2 aromatic rings. The van der Waals surface area contributed by atoms with E-state index < -0.39 is 0 Å². The van der Waals surface area contributed by atoms with Crippen LogP contribution in [0.25, 0.3) is 0 Å². The number of nitrogen functional groups attached to an aromatic ring is 1. The fourth-order valence-corrected chi connectivity index (χ4v) is 1.68. The zero-order valence-electron chi connectivity index (χ0n) is 11.0. The van der Waals surface area contributed by atoms with Crippen LogP contribution in [0.5, 0.6) is 11.5 Å². The molecule has 19 heavy (non-hydrogen) atoms. The highest BCUT2D eigenvalue weighted by Gasteiger charge is 2.06. The van der Waals surface area contributed by atoms with E-state index in [0.717, 1.165) is 5.56 Å². The van der Waals surface area contributed by atoms with Gasteiger partial charge in [-0.1, -0.05) is 0 Å². The van der Waals surface area contributed by atoms with Gasteiger partial charge >= 0.3 is 0 Å². The van der Waals surface area contributed by atoms with Gasteiger partial charge in [-0.2, -0.15) is 10.4 Å². The summed E-state index contributed by atoms with van der Waals surface area (Å²) in [5.74, 6) is 1.32. The highest BCUT2D eigenvalue weighted by atomic mass is 16.5. The maximum absolute atomic E-state index is 8.73. The van der Waals surface area contributed by atoms with Crippen molar-refractivity contribution < 1.29 is 4.74 Å². The highest BCUT2D eigenvalue weighted by molar-refractivity contribution is 5.52. The van der Waals surface area contributed by atoms with Crippen molar-refractivity contribution in [3.05, 3.63) is 36.2 Å². The summed E-state index contributed by atoms with van der Waals surface area (Å²) in [6, 6.07) is 7.68. The summed E-state index contributed by atoms with van der Waals surface area (Å²) in [5, 5.41) is 12.9. The first-order valence-electron chi connectivity index (χ1n) is 6.07. The monoisotopic (exact) mass is 256 g/mol. The van der Waals surface area contributed by atoms with Gasteiger partial charge in [-0.25, -0.2) is 0 Å². The van der Waals surface area contributed by atoms with Gasteiger partial charge in [-0.15, -0.1) is 0 Å². The lowest BCUT2D eigenvalue weighted by atomic mass is 10.1. The molecule has 0 bridgehead atoms. The first-order valence-corrected chi connectivity index (χ1v) is 6.07. The highest BCUT2D eigenvalue weighted by Crippen LogP contribution is 2.25. The molecule has 2 N–H and O–H groups in total. The Labute approximate surface area is 112 Å². The first-order chi connectivity index (χ1) is 9.10. The van der Waals surface area contributed by atoms with Crippen LogP contribution in [0.2, 0.25) is 0 Å². The van der Waals surface area contributed by atoms with E-state index in [1.165, 1.54) is 0 Å². The van der Waals surface area contributed by atoms with E-state index in [-0.39, 0.29) is 12.5 Å². The van der Waals surface area contributed by atoms with E-state index >= 15 is 0 Å². The molecule has 0 aliphatic carbocycles. The largest absolute Gasteiger partial charge is 0.454 e. The summed E-state index contributed by atoms with van der Waals surface area (Å²) in [6.07, 6.45) is 3.78. The Bertz CT molecular complexity index is 610. The molecule has 5 heteroatoms. The lowest BCUT2D eigenvalue weighted by Crippen LogP contribution is -1.99. The van der Waals surface area contributed by atoms with Crippen LogP contribution < -0.4 is 10.5 Å². The number of anilines is 1. The molecular weight excluding hydrogens is 240 g/mol. The van der Waals surface area contributed by atoms with Gasteiger partial charge in [-0.05, 0) is 37.6 Å². The van der Waals surface area contributed by atoms with Crippen LogP contribution in [0.1, 0.15) is 25.5 Å². The second-order valence-electron chi connectivity index (χ2n) is 4.55. The topological polar surface area (TPSA) is 76.9 Å². The second-order valence-corrected chi connectivity index (χ2v) is 4.55. The number of rotatable bonds is 4. The number of hydrogen-bond donors (Lipinski definition) is 1. The molecule has 0 saturated heterocycles. The van der Waals surface area contributed by atoms with Gasteiger partial charge in [0.25, 0.3) is 0 Å². The number of ether oxygens (including phenoxy) is 1. The minimum absolute atomic E-state index is 0.272. The summed E-state index contributed by atoms with van der Waals surface area (Å²) < 4.78 is 7.53. The standard InChI is InChI=1S/C14H16N4O/c1-10(2)18-9-13(8-17-18)19-12-3-4-14(16)11(7-12)5-6-15/h3-4,7-10H,5,16H2,1-2H3. The molecule has 0 amide bonds. The van der Waals surface area contributed by atoms with Crippen molar-refractivity contribution in [1.29, 1.82) is 5.26 Å². The van der Waals surface area contributed by atoms with Crippen molar-refractivity contribution >= 4 is 5.69 Å². The number of nitriles is 1. The predicted octanol–water partition coefficient (Wildman–Crippen LogP) is 2.90. The minimum Gasteiger partial charge on any atom is -0.454 e. The third-order valence-corrected chi connectivity index (χ3v) is 2.73. The molecule has 1 aromatic heterocycles. The van der Waals surface area contributed by atoms with Gasteiger partial charge < -0.3 is 10.5 Å². The van der Waals surface area contributed by atoms with Crippen LogP contribution in [-0.2, 0) is 6.42 Å². The lowest BCUT2D eigenvalue weighted by Gasteiger charge is -2.07. The molecule has 2 rings (SSSR count). The van der Waals surface area contributed by atoms with E-state index in [1.54, 1.807) is 24.4 Å². The Morgan fingerprint density at radius 3 is 2.84 bits per heavy atom. The fourth-order valence-electron chi connectivity index (χ4n) is 1.68. The molecule has 98 valence electrons. The summed E-state index contributed by atoms with van der Waals surface area (Å²) in [7, 11) is 0. The predicted molar refractivity (Wildman–Crippen MR) is 72.9 cm³/mol. The zero-order chi connectivity index (χ0) is 13.8. The molecular formula is C14H16N4O. The van der Waals surface area contributed by atoms with Crippen molar-refractivity contribution in [2.24, 2.45) is 0 Å². The van der Waals surface area contributed by atoms with Crippen molar-refractivity contribution in [2.75, 3.05) is 5.73 Å². The van der Waals surface area contributed by atoms with E-state index in [0.29, 0.717) is 17.2 Å². The molecule has 0 aliphatic heterocycles. The molecule has 1 aromatic carbocycles. The van der Waals surface area contributed by atoms with Crippen LogP contribution in [-0.4, -0.2) is 9.78 Å². The minimum atomic E-state index is 0.272. The van der Waals surface area contributed by atoms with E-state index in [2.05, 4.69) is 11.2 Å². The summed E-state index contributed by atoms with van der Waals surface area (Å²) >= 11 is 0. The molecule has 0 radical (unpaired) electrons. The number of nitrogens with two attached hydrogens (primary N) is 1. The van der Waals surface area contributed by atoms with E-state index in [9.17, 15) is 0 Å². The Balaban J connectivity index is 2.18. The van der Waals surface area contributed by atoms with Gasteiger partial charge in [0.1, 0.15) is 5.75 Å². The Morgan fingerprint density at radius 1 is 1.42 bits per heavy atom. The lowest BCUT2D eigenvalue weighted by molar-refractivity contribution is 0.476. The summed E-state index contributed by atoms with van der Waals surface area (Å²) in [4.78, 5) is 0. The zero-order valence-corrected chi connectivity index (χ0v) is 11.0. The smallest absolute Gasteiger partial charge is 0.165 e. The normalized spacial score (nSPS) is 10.4. The van der Waals surface area contributed by atoms with Crippen LogP contribution in [0, 0.1) is 11.3 Å². The summed E-state index contributed by atoms with van der Waals surface area (Å²) in [6.45, 7) is 4.09. The van der Waals surface area contributed by atoms with E-state index in [4.69, 9.17) is 15.7 Å². The summed E-state index contributed by atoms with van der Waals surface area (Å²) in [5.41, 5.74) is 7.17. The Morgan fingerprint density at radius 2 is 2.21 bits per heavy atom. The van der Waals surface area contributed by atoms with Gasteiger partial charge in [0.2, 0.25) is 0 Å². The third-order valence-electron chi connectivity index (χ3n) is 2.73. The third kappa shape index (κ3) is 3.05. The van der Waals surface area contributed by atoms with Crippen molar-refractivity contribution in [1.82, 2.24) is 9.78 Å². The molecule has 0 unspecified atom stereocenters. The maximum Gasteiger partial charge on any atom is 0.165 e. The van der Waals surface area contributed by atoms with Gasteiger partial charge in [0.05, 0.1) is 24.9 Å². The molecule has 0 atom stereocenters. The number of hydrogen-bond acceptors (Lipinski definition) is 4. The number of aromatic nitrogens is 2. The van der Waals surface area contributed by atoms with Crippen LogP contribution in [0.4, 0.5) is 5.69 Å².